The summed E-state index contributed by atoms with van der Waals surface area (Å²) < 4.78 is 0. The number of aromatic hydroxyl groups is 1. The lowest BCUT2D eigenvalue weighted by atomic mass is 9.74. The minimum absolute atomic E-state index is 0.292. The zero-order valence-corrected chi connectivity index (χ0v) is 16.0. The molecule has 0 bridgehead atoms. The average Bonchev–Trinajstić information content (AvgIpc) is 2.67. The second kappa shape index (κ2) is 7.78. The molecule has 0 spiro atoms. The summed E-state index contributed by atoms with van der Waals surface area (Å²) in [6, 6.07) is 25.0. The van der Waals surface area contributed by atoms with Crippen molar-refractivity contribution in [3.05, 3.63) is 89.5 Å². The third-order valence-electron chi connectivity index (χ3n) is 5.29. The zero-order valence-electron chi connectivity index (χ0n) is 16.0. The van der Waals surface area contributed by atoms with Crippen LogP contribution in [0, 0.1) is 0 Å². The number of unbranched alkanes of at least 4 members (excludes halogenated alkanes) is 1. The van der Waals surface area contributed by atoms with Crippen LogP contribution >= 0.6 is 0 Å². The van der Waals surface area contributed by atoms with E-state index in [0.717, 1.165) is 12.0 Å². The first-order valence-corrected chi connectivity index (χ1v) is 9.52. The Kier molecular flexibility index (Phi) is 5.46. The number of benzene rings is 3. The number of aryl methyl sites for hydroxylation is 1. The van der Waals surface area contributed by atoms with Crippen LogP contribution in [0.2, 0.25) is 0 Å². The van der Waals surface area contributed by atoms with Gasteiger partial charge in [0.2, 0.25) is 0 Å². The Bertz CT molecular complexity index is 877. The van der Waals surface area contributed by atoms with Gasteiger partial charge < -0.3 is 5.11 Å². The van der Waals surface area contributed by atoms with Crippen molar-refractivity contribution in [1.82, 2.24) is 0 Å². The molecule has 0 radical (unpaired) electrons. The van der Waals surface area contributed by atoms with Crippen molar-refractivity contribution in [2.75, 3.05) is 0 Å². The number of para-hydroxylation sites is 1. The highest BCUT2D eigenvalue weighted by atomic mass is 16.3. The molecule has 1 heteroatoms. The van der Waals surface area contributed by atoms with Crippen LogP contribution in [0.15, 0.2) is 72.8 Å². The summed E-state index contributed by atoms with van der Waals surface area (Å²) in [5, 5.41) is 10.4. The molecule has 0 aliphatic heterocycles. The van der Waals surface area contributed by atoms with Crippen LogP contribution in [-0.2, 0) is 11.8 Å². The van der Waals surface area contributed by atoms with Crippen LogP contribution in [0.3, 0.4) is 0 Å². The van der Waals surface area contributed by atoms with Gasteiger partial charge in [-0.3, -0.25) is 0 Å². The van der Waals surface area contributed by atoms with Gasteiger partial charge in [0.05, 0.1) is 0 Å². The molecule has 0 heterocycles. The molecule has 0 aliphatic rings. The Hall–Kier alpha value is -2.54. The van der Waals surface area contributed by atoms with Crippen LogP contribution in [0.4, 0.5) is 0 Å². The van der Waals surface area contributed by atoms with Gasteiger partial charge in [-0.15, -0.1) is 0 Å². The molecular formula is C25H28O. The van der Waals surface area contributed by atoms with E-state index in [1.807, 2.05) is 18.2 Å². The standard InChI is InChI=1S/C25H28O/c1-4-5-12-19-13-6-7-14-20(19)21-15-8-9-16-22(21)25(2,3)23-17-10-11-18-24(23)26/h6-11,13-18,26H,4-5,12H2,1-3H3. The normalized spacial score (nSPS) is 11.5. The van der Waals surface area contributed by atoms with Crippen LogP contribution in [-0.4, -0.2) is 5.11 Å². The van der Waals surface area contributed by atoms with Crippen molar-refractivity contribution in [2.45, 2.75) is 45.4 Å². The van der Waals surface area contributed by atoms with Crippen LogP contribution in [0.25, 0.3) is 11.1 Å². The van der Waals surface area contributed by atoms with Gasteiger partial charge in [0.15, 0.2) is 0 Å². The maximum Gasteiger partial charge on any atom is 0.119 e. The van der Waals surface area contributed by atoms with E-state index < -0.39 is 0 Å². The van der Waals surface area contributed by atoms with E-state index in [1.54, 1.807) is 6.07 Å². The lowest BCUT2D eigenvalue weighted by molar-refractivity contribution is 0.453. The number of phenols is 1. The molecule has 0 fully saturated rings. The fourth-order valence-electron chi connectivity index (χ4n) is 3.78. The summed E-state index contributed by atoms with van der Waals surface area (Å²) in [6.45, 7) is 6.61. The van der Waals surface area contributed by atoms with Gasteiger partial charge >= 0.3 is 0 Å². The molecule has 0 saturated carbocycles. The highest BCUT2D eigenvalue weighted by Gasteiger charge is 2.28. The maximum absolute atomic E-state index is 10.4. The summed E-state index contributed by atoms with van der Waals surface area (Å²) in [4.78, 5) is 0. The largest absolute Gasteiger partial charge is 0.508 e. The molecule has 3 aromatic rings. The quantitative estimate of drug-likeness (QED) is 0.526. The van der Waals surface area contributed by atoms with E-state index in [4.69, 9.17) is 0 Å². The van der Waals surface area contributed by atoms with Crippen molar-refractivity contribution in [2.24, 2.45) is 0 Å². The van der Waals surface area contributed by atoms with Crippen LogP contribution in [0.1, 0.15) is 50.3 Å². The number of phenolic OH excluding ortho intramolecular Hbond substituents is 1. The van der Waals surface area contributed by atoms with E-state index in [2.05, 4.69) is 69.3 Å². The molecule has 0 atom stereocenters. The first kappa shape index (κ1) is 18.3. The summed E-state index contributed by atoms with van der Waals surface area (Å²) in [5.74, 6) is 0.353. The van der Waals surface area contributed by atoms with Crippen LogP contribution in [0.5, 0.6) is 5.75 Å². The Morgan fingerprint density at radius 2 is 1.31 bits per heavy atom. The number of hydrogen-bond acceptors (Lipinski definition) is 1. The molecule has 1 N–H and O–H groups in total. The summed E-state index contributed by atoms with van der Waals surface area (Å²) >= 11 is 0. The van der Waals surface area contributed by atoms with Gasteiger partial charge in [-0.1, -0.05) is 93.9 Å². The molecule has 0 saturated heterocycles. The second-order valence-electron chi connectivity index (χ2n) is 7.45. The lowest BCUT2D eigenvalue weighted by Gasteiger charge is -2.30. The number of hydrogen-bond donors (Lipinski definition) is 1. The number of rotatable bonds is 6. The van der Waals surface area contributed by atoms with Crippen molar-refractivity contribution >= 4 is 0 Å². The molecule has 26 heavy (non-hydrogen) atoms. The molecular weight excluding hydrogens is 316 g/mol. The maximum atomic E-state index is 10.4. The summed E-state index contributed by atoms with van der Waals surface area (Å²) in [5.41, 5.74) is 5.87. The molecule has 3 rings (SSSR count). The minimum Gasteiger partial charge on any atom is -0.508 e. The van der Waals surface area contributed by atoms with E-state index in [-0.39, 0.29) is 5.41 Å². The predicted molar refractivity (Wildman–Crippen MR) is 111 cm³/mol. The van der Waals surface area contributed by atoms with Gasteiger partial charge in [0, 0.05) is 11.0 Å². The SMILES string of the molecule is CCCCc1ccccc1-c1ccccc1C(C)(C)c1ccccc1O. The van der Waals surface area contributed by atoms with Crippen molar-refractivity contribution in [1.29, 1.82) is 0 Å². The molecule has 3 aromatic carbocycles. The van der Waals surface area contributed by atoms with E-state index >= 15 is 0 Å². The van der Waals surface area contributed by atoms with Gasteiger partial charge in [-0.2, -0.15) is 0 Å². The smallest absolute Gasteiger partial charge is 0.119 e. The Morgan fingerprint density at radius 3 is 2.00 bits per heavy atom. The third-order valence-corrected chi connectivity index (χ3v) is 5.29. The molecule has 0 amide bonds. The minimum atomic E-state index is -0.292. The fourth-order valence-corrected chi connectivity index (χ4v) is 3.78. The molecule has 0 unspecified atom stereocenters. The fraction of sp³-hybridized carbons (Fsp3) is 0.280. The first-order valence-electron chi connectivity index (χ1n) is 9.52. The highest BCUT2D eigenvalue weighted by Crippen LogP contribution is 2.41. The van der Waals surface area contributed by atoms with Crippen LogP contribution < -0.4 is 0 Å². The molecule has 1 nitrogen and oxygen atoms in total. The third kappa shape index (κ3) is 3.53. The van der Waals surface area contributed by atoms with Crippen molar-refractivity contribution < 1.29 is 5.11 Å². The van der Waals surface area contributed by atoms with Crippen molar-refractivity contribution in [3.63, 3.8) is 0 Å². The first-order chi connectivity index (χ1) is 12.6. The van der Waals surface area contributed by atoms with Crippen molar-refractivity contribution in [3.8, 4) is 16.9 Å². The lowest BCUT2D eigenvalue weighted by Crippen LogP contribution is -2.20. The molecule has 0 aliphatic carbocycles. The van der Waals surface area contributed by atoms with Gasteiger partial charge in [-0.05, 0) is 41.2 Å². The summed E-state index contributed by atoms with van der Waals surface area (Å²) in [7, 11) is 0. The Labute approximate surface area is 157 Å². The van der Waals surface area contributed by atoms with E-state index in [9.17, 15) is 5.11 Å². The zero-order chi connectivity index (χ0) is 18.6. The monoisotopic (exact) mass is 344 g/mol. The Morgan fingerprint density at radius 1 is 0.731 bits per heavy atom. The van der Waals surface area contributed by atoms with E-state index in [1.165, 1.54) is 35.1 Å². The second-order valence-corrected chi connectivity index (χ2v) is 7.45. The van der Waals surface area contributed by atoms with Gasteiger partial charge in [0.1, 0.15) is 5.75 Å². The summed E-state index contributed by atoms with van der Waals surface area (Å²) in [6.07, 6.45) is 3.49. The topological polar surface area (TPSA) is 20.2 Å². The van der Waals surface area contributed by atoms with Gasteiger partial charge in [0.25, 0.3) is 0 Å². The highest BCUT2D eigenvalue weighted by molar-refractivity contribution is 5.73. The van der Waals surface area contributed by atoms with E-state index in [0.29, 0.717) is 5.75 Å². The average molecular weight is 344 g/mol. The predicted octanol–water partition coefficient (Wildman–Crippen LogP) is 6.73. The Balaban J connectivity index is 2.15. The van der Waals surface area contributed by atoms with Gasteiger partial charge in [-0.25, -0.2) is 0 Å². The molecule has 134 valence electrons. The molecule has 0 aromatic heterocycles.